The predicted molar refractivity (Wildman–Crippen MR) is 118 cm³/mol. The Labute approximate surface area is 192 Å². The van der Waals surface area contributed by atoms with Crippen LogP contribution in [0.1, 0.15) is 64.0 Å². The highest BCUT2D eigenvalue weighted by molar-refractivity contribution is 5.94. The number of hydrogen-bond donors (Lipinski definition) is 1. The number of nitrogens with one attached hydrogen (secondary N) is 1. The Bertz CT molecular complexity index is 1060. The van der Waals surface area contributed by atoms with Crippen molar-refractivity contribution in [2.24, 2.45) is 5.41 Å². The van der Waals surface area contributed by atoms with Crippen molar-refractivity contribution in [1.82, 2.24) is 35.4 Å². The first-order chi connectivity index (χ1) is 16.0. The molecule has 1 unspecified atom stereocenters. The minimum absolute atomic E-state index is 0.169. The summed E-state index contributed by atoms with van der Waals surface area (Å²) in [5.74, 6) is 0.544. The molecule has 2 fully saturated rings. The van der Waals surface area contributed by atoms with Gasteiger partial charge in [-0.2, -0.15) is 4.68 Å². The molecule has 10 heteroatoms. The molecular weight excluding hydrogens is 422 g/mol. The number of likely N-dealkylation sites (tertiary alicyclic amines) is 1. The first-order valence-corrected chi connectivity index (χ1v) is 11.6. The first-order valence-electron chi connectivity index (χ1n) is 11.6. The fraction of sp³-hybridized carbons (Fsp3) is 0.565. The van der Waals surface area contributed by atoms with E-state index in [4.69, 9.17) is 4.74 Å². The van der Waals surface area contributed by atoms with Gasteiger partial charge in [-0.1, -0.05) is 13.0 Å². The molecule has 1 saturated carbocycles. The van der Waals surface area contributed by atoms with Gasteiger partial charge in [-0.05, 0) is 67.5 Å². The summed E-state index contributed by atoms with van der Waals surface area (Å²) < 4.78 is 6.66. The van der Waals surface area contributed by atoms with Gasteiger partial charge in [-0.3, -0.25) is 4.79 Å². The number of esters is 1. The lowest BCUT2D eigenvalue weighted by Gasteiger charge is -2.37. The Hall–Kier alpha value is -3.14. The number of pyridine rings is 1. The highest BCUT2D eigenvalue weighted by atomic mass is 16.5. The summed E-state index contributed by atoms with van der Waals surface area (Å²) in [6, 6.07) is 4.55. The number of carbonyl (C=O) groups excluding carboxylic acids is 2. The van der Waals surface area contributed by atoms with Crippen LogP contribution in [-0.2, 0) is 14.3 Å². The van der Waals surface area contributed by atoms with Crippen LogP contribution in [0.25, 0.3) is 5.82 Å². The van der Waals surface area contributed by atoms with Crippen molar-refractivity contribution in [3.05, 3.63) is 41.5 Å². The summed E-state index contributed by atoms with van der Waals surface area (Å²) in [7, 11) is 0. The van der Waals surface area contributed by atoms with Crippen LogP contribution in [-0.4, -0.2) is 61.2 Å². The number of tetrazole rings is 1. The summed E-state index contributed by atoms with van der Waals surface area (Å²) in [6.45, 7) is 4.81. The molecule has 1 spiro atoms. The van der Waals surface area contributed by atoms with Gasteiger partial charge in [0, 0.05) is 24.8 Å². The van der Waals surface area contributed by atoms with Gasteiger partial charge >= 0.3 is 5.97 Å². The van der Waals surface area contributed by atoms with Crippen LogP contribution in [0, 0.1) is 5.41 Å². The molecular formula is C23H29N7O3. The Balaban J connectivity index is 1.20. The van der Waals surface area contributed by atoms with Gasteiger partial charge in [0.2, 0.25) is 5.91 Å². The third-order valence-electron chi connectivity index (χ3n) is 7.46. The normalized spacial score (nSPS) is 26.4. The molecule has 5 rings (SSSR count). The lowest BCUT2D eigenvalue weighted by Crippen LogP contribution is -2.43. The molecule has 1 amide bonds. The largest absolute Gasteiger partial charge is 0.456 e. The van der Waals surface area contributed by atoms with Crippen LogP contribution in [0.3, 0.4) is 0 Å². The highest BCUT2D eigenvalue weighted by Crippen LogP contribution is 2.46. The molecule has 0 radical (unpaired) electrons. The van der Waals surface area contributed by atoms with Crippen molar-refractivity contribution >= 4 is 11.9 Å². The molecule has 0 aromatic carbocycles. The number of rotatable bonds is 6. The van der Waals surface area contributed by atoms with Crippen molar-refractivity contribution < 1.29 is 14.3 Å². The van der Waals surface area contributed by atoms with E-state index in [2.05, 4.69) is 38.8 Å². The third-order valence-corrected chi connectivity index (χ3v) is 7.46. The van der Waals surface area contributed by atoms with Crippen LogP contribution in [0.15, 0.2) is 35.9 Å². The minimum atomic E-state index is -0.308. The SMILES string of the molecule is CCC(NC1CCC2(CC1)CCN(C1=C(C)C(=O)OC1)C2=O)c1ccc(-n2cnnn2)nc1. The molecule has 33 heavy (non-hydrogen) atoms. The smallest absolute Gasteiger partial charge is 0.336 e. The molecule has 0 bridgehead atoms. The van der Waals surface area contributed by atoms with Gasteiger partial charge < -0.3 is 15.0 Å². The quantitative estimate of drug-likeness (QED) is 0.664. The van der Waals surface area contributed by atoms with E-state index >= 15 is 0 Å². The number of nitrogens with zero attached hydrogens (tertiary/aromatic N) is 6. The number of aromatic nitrogens is 5. The lowest BCUT2D eigenvalue weighted by molar-refractivity contribution is -0.138. The fourth-order valence-corrected chi connectivity index (χ4v) is 5.37. The predicted octanol–water partition coefficient (Wildman–Crippen LogP) is 2.09. The summed E-state index contributed by atoms with van der Waals surface area (Å²) in [6.07, 6.45) is 8.85. The maximum atomic E-state index is 13.3. The van der Waals surface area contributed by atoms with Gasteiger partial charge in [0.1, 0.15) is 12.9 Å². The van der Waals surface area contributed by atoms with E-state index in [1.165, 1.54) is 11.0 Å². The average molecular weight is 452 g/mol. The van der Waals surface area contributed by atoms with Crippen LogP contribution >= 0.6 is 0 Å². The van der Waals surface area contributed by atoms with E-state index in [0.717, 1.165) is 49.8 Å². The van der Waals surface area contributed by atoms with Gasteiger partial charge in [-0.15, -0.1) is 5.10 Å². The van der Waals surface area contributed by atoms with Gasteiger partial charge in [0.05, 0.1) is 16.7 Å². The van der Waals surface area contributed by atoms with Crippen LogP contribution in [0.4, 0.5) is 0 Å². The molecule has 2 aromatic rings. The molecule has 1 atom stereocenters. The van der Waals surface area contributed by atoms with E-state index in [9.17, 15) is 9.59 Å². The van der Waals surface area contributed by atoms with E-state index in [0.29, 0.717) is 24.0 Å². The van der Waals surface area contributed by atoms with Crippen molar-refractivity contribution in [2.75, 3.05) is 13.2 Å². The van der Waals surface area contributed by atoms with Gasteiger partial charge in [-0.25, -0.2) is 9.78 Å². The minimum Gasteiger partial charge on any atom is -0.456 e. The van der Waals surface area contributed by atoms with Crippen LogP contribution in [0.2, 0.25) is 0 Å². The second-order valence-electron chi connectivity index (χ2n) is 9.24. The fourth-order valence-electron chi connectivity index (χ4n) is 5.37. The lowest BCUT2D eigenvalue weighted by atomic mass is 9.71. The third kappa shape index (κ3) is 3.92. The molecule has 1 N–H and O–H groups in total. The molecule has 3 aliphatic rings. The number of cyclic esters (lactones) is 1. The number of ether oxygens (including phenoxy) is 1. The van der Waals surface area contributed by atoms with E-state index in [-0.39, 0.29) is 29.9 Å². The second-order valence-corrected chi connectivity index (χ2v) is 9.24. The molecule has 1 aliphatic carbocycles. The van der Waals surface area contributed by atoms with Crippen molar-refractivity contribution in [1.29, 1.82) is 0 Å². The number of amides is 1. The molecule has 2 aliphatic heterocycles. The summed E-state index contributed by atoms with van der Waals surface area (Å²) in [4.78, 5) is 31.4. The summed E-state index contributed by atoms with van der Waals surface area (Å²) in [5, 5.41) is 15.0. The van der Waals surface area contributed by atoms with E-state index in [1.807, 2.05) is 12.3 Å². The highest BCUT2D eigenvalue weighted by Gasteiger charge is 2.50. The van der Waals surface area contributed by atoms with Crippen molar-refractivity contribution in [3.8, 4) is 5.82 Å². The monoisotopic (exact) mass is 451 g/mol. The standard InChI is InChI=1S/C23H29N7O3/c1-3-18(16-4-5-20(24-12-16)30-14-25-27-28-30)26-17-6-8-23(9-7-17)10-11-29(22(23)32)19-13-33-21(31)15(19)2/h4-5,12,14,17-18,26H,3,6-11,13H2,1-2H3. The number of carbonyl (C=O) groups is 2. The second kappa shape index (κ2) is 8.66. The van der Waals surface area contributed by atoms with E-state index in [1.54, 1.807) is 11.8 Å². The molecule has 2 aromatic heterocycles. The van der Waals surface area contributed by atoms with E-state index < -0.39 is 0 Å². The van der Waals surface area contributed by atoms with Crippen LogP contribution < -0.4 is 5.32 Å². The Morgan fingerprint density at radius 1 is 1.24 bits per heavy atom. The molecule has 10 nitrogen and oxygen atoms in total. The summed E-state index contributed by atoms with van der Waals surface area (Å²) in [5.41, 5.74) is 2.16. The Morgan fingerprint density at radius 2 is 2.06 bits per heavy atom. The molecule has 174 valence electrons. The van der Waals surface area contributed by atoms with Crippen molar-refractivity contribution in [3.63, 3.8) is 0 Å². The Morgan fingerprint density at radius 3 is 2.67 bits per heavy atom. The zero-order valence-electron chi connectivity index (χ0n) is 19.0. The topological polar surface area (TPSA) is 115 Å². The molecule has 4 heterocycles. The molecule has 1 saturated heterocycles. The maximum Gasteiger partial charge on any atom is 0.336 e. The summed E-state index contributed by atoms with van der Waals surface area (Å²) >= 11 is 0. The van der Waals surface area contributed by atoms with Gasteiger partial charge in [0.15, 0.2) is 5.82 Å². The van der Waals surface area contributed by atoms with Crippen LogP contribution in [0.5, 0.6) is 0 Å². The van der Waals surface area contributed by atoms with Gasteiger partial charge in [0.25, 0.3) is 0 Å². The number of hydrogen-bond acceptors (Lipinski definition) is 8. The average Bonchev–Trinajstić information content (AvgIpc) is 3.56. The Kier molecular flexibility index (Phi) is 5.69. The van der Waals surface area contributed by atoms with Crippen molar-refractivity contribution in [2.45, 2.75) is 64.5 Å². The maximum absolute atomic E-state index is 13.3. The zero-order chi connectivity index (χ0) is 23.0. The zero-order valence-corrected chi connectivity index (χ0v) is 19.0. The first kappa shape index (κ1) is 21.7.